The van der Waals surface area contributed by atoms with E-state index in [4.69, 9.17) is 133 Å². The normalized spacial score (nSPS) is 21.5. The van der Waals surface area contributed by atoms with Crippen LogP contribution in [-0.4, -0.2) is 222 Å². The molecule has 0 aromatic carbocycles. The zero-order valence-electron chi connectivity index (χ0n) is 25.3. The first-order chi connectivity index (χ1) is 20.4. The van der Waals surface area contributed by atoms with Gasteiger partial charge in [-0.3, -0.25) is 4.79 Å². The van der Waals surface area contributed by atoms with Crippen molar-refractivity contribution in [1.29, 1.82) is 0 Å². The van der Waals surface area contributed by atoms with Crippen LogP contribution in [0.5, 0.6) is 0 Å². The Morgan fingerprint density at radius 1 is 0.591 bits per heavy atom. The molecular weight excluding hydrogens is 521 g/mol. The molecule has 4 atom stereocenters. The van der Waals surface area contributed by atoms with Crippen molar-refractivity contribution in [2.45, 2.75) is 25.7 Å². The summed E-state index contributed by atoms with van der Waals surface area (Å²) in [4.78, 5) is 11.8. The van der Waals surface area contributed by atoms with Gasteiger partial charge in [0, 0.05) is 11.5 Å². The average molecular weight is 535 g/mol. The molecule has 4 unspecified atom stereocenters. The molecule has 0 heterocycles. The van der Waals surface area contributed by atoms with Crippen molar-refractivity contribution in [1.82, 2.24) is 0 Å². The minimum atomic E-state index is -1.03. The number of allylic oxidation sites excluding steroid dienone is 1. The van der Waals surface area contributed by atoms with E-state index in [0.29, 0.717) is 17.8 Å². The molecule has 0 spiro atoms. The molecule has 2 nitrogen and oxygen atoms in total. The van der Waals surface area contributed by atoms with Crippen LogP contribution in [0.25, 0.3) is 0 Å². The molecule has 5 aliphatic rings. The first-order valence-corrected chi connectivity index (χ1v) is 15.6. The van der Waals surface area contributed by atoms with Gasteiger partial charge in [-0.25, -0.2) is 0 Å². The van der Waals surface area contributed by atoms with Crippen molar-refractivity contribution in [2.75, 3.05) is 0 Å². The van der Waals surface area contributed by atoms with E-state index in [0.717, 1.165) is 24.7 Å². The summed E-state index contributed by atoms with van der Waals surface area (Å²) in [5, 5.41) is 9.03. The fraction of sp³-hybridized carbons (Fsp3) is 0.727. The van der Waals surface area contributed by atoms with E-state index in [9.17, 15) is 4.79 Å². The third-order valence-corrected chi connectivity index (χ3v) is 10.6. The Morgan fingerprint density at radius 2 is 0.955 bits per heavy atom. The molecule has 5 saturated carbocycles. The fourth-order valence-corrected chi connectivity index (χ4v) is 8.60. The van der Waals surface area contributed by atoms with Gasteiger partial charge in [-0.05, 0) is 43.4 Å². The number of Topliss-reactive ketones (excluding diaryl/α,β-unsaturated/α-hetero) is 1. The van der Waals surface area contributed by atoms with Gasteiger partial charge in [0.1, 0.15) is 0 Å². The Labute approximate surface area is 298 Å². The number of carbonyl (C=O) groups excluding carboxylic acids is 1. The van der Waals surface area contributed by atoms with Gasteiger partial charge < -0.3 is 5.11 Å². The zero-order valence-corrected chi connectivity index (χ0v) is 26.1. The number of rotatable bonds is 14. The summed E-state index contributed by atoms with van der Waals surface area (Å²) >= 11 is 5.36. The number of hydrogen-bond acceptors (Lipinski definition) is 3. The number of carbonyl (C=O) groups is 1. The average Bonchev–Trinajstić information content (AvgIpc) is 2.92. The number of aliphatic hydroxyl groups excluding tert-OH is 1. The van der Waals surface area contributed by atoms with Crippen molar-refractivity contribution >= 4 is 229 Å². The van der Waals surface area contributed by atoms with Crippen molar-refractivity contribution < 1.29 is 9.90 Å². The van der Waals surface area contributed by atoms with E-state index in [-0.39, 0.29) is 11.7 Å². The van der Waals surface area contributed by atoms with Crippen LogP contribution in [0.2, 0.25) is 0 Å². The summed E-state index contributed by atoms with van der Waals surface area (Å²) in [5.41, 5.74) is 0.734. The van der Waals surface area contributed by atoms with Gasteiger partial charge in [-0.15, -0.1) is 0 Å². The van der Waals surface area contributed by atoms with Gasteiger partial charge in [0.15, 0.2) is 5.78 Å². The van der Waals surface area contributed by atoms with Crippen LogP contribution >= 0.6 is 12.1 Å². The number of ketones is 1. The molecule has 44 heavy (non-hydrogen) atoms. The summed E-state index contributed by atoms with van der Waals surface area (Å²) in [5.74, 6) is 2.26. The third kappa shape index (κ3) is 9.54. The van der Waals surface area contributed by atoms with Crippen molar-refractivity contribution in [3.05, 3.63) is 11.8 Å². The Hall–Kier alpha value is 1.38. The van der Waals surface area contributed by atoms with E-state index in [1.165, 1.54) is 18.9 Å². The van der Waals surface area contributed by atoms with Gasteiger partial charge in [0.05, 0.1) is 6.26 Å². The molecule has 5 rings (SSSR count). The molecule has 5 fully saturated rings. The fourth-order valence-electron chi connectivity index (χ4n) is 8.23. The van der Waals surface area contributed by atoms with Crippen LogP contribution < -0.4 is 0 Å². The molecule has 0 aromatic rings. The Balaban J connectivity index is 0.000000419. The predicted octanol–water partition coefficient (Wildman–Crippen LogP) is -8.71. The molecule has 33 heteroatoms. The molecule has 0 amide bonds. The molecular formula is C11H14B30O2S. The SMILES string of the molecule is O=C1/C(=C\O)C2CC3CCC2CC13.[B]B([B])B([B])B(B(B=S)B(B(B([B])[B])B([B])[B])B(B([B])[B])B([B])[B])B(B([B])[B])B([B])[B]. The van der Waals surface area contributed by atoms with E-state index in [2.05, 4.69) is 0 Å². The van der Waals surface area contributed by atoms with Crippen LogP contribution in [0.4, 0.5) is 0 Å². The monoisotopic (exact) mass is 540 g/mol. The summed E-state index contributed by atoms with van der Waals surface area (Å²) in [7, 11) is 90.4. The molecule has 1 N–H and O–H groups in total. The number of hydrogen-bond donors (Lipinski definition) is 1. The summed E-state index contributed by atoms with van der Waals surface area (Å²) < 4.78 is 0. The van der Waals surface area contributed by atoms with Crippen LogP contribution in [0, 0.1) is 23.7 Å². The summed E-state index contributed by atoms with van der Waals surface area (Å²) in [6.07, 6.45) is -6.94. The maximum atomic E-state index is 11.8. The van der Waals surface area contributed by atoms with Gasteiger partial charge in [-0.1, -0.05) is 0 Å². The molecule has 0 saturated heterocycles. The molecule has 166 valence electrons. The first kappa shape index (κ1) is 41.5. The van der Waals surface area contributed by atoms with Gasteiger partial charge >= 0.3 is 224 Å². The van der Waals surface area contributed by atoms with E-state index in [1.54, 1.807) is 0 Å². The van der Waals surface area contributed by atoms with Crippen LogP contribution in [0.1, 0.15) is 25.7 Å². The van der Waals surface area contributed by atoms with Gasteiger partial charge in [-0.2, -0.15) is 0 Å². The summed E-state index contributed by atoms with van der Waals surface area (Å²) in [6, 6.07) is 1.39. The Kier molecular flexibility index (Phi) is 17.4. The molecule has 0 aliphatic heterocycles. The molecule has 30 radical (unpaired) electrons. The quantitative estimate of drug-likeness (QED) is 0.137. The Morgan fingerprint density at radius 3 is 1.25 bits per heavy atom. The first-order valence-electron chi connectivity index (χ1n) is 15.1. The van der Waals surface area contributed by atoms with E-state index < -0.39 is 89.4 Å². The van der Waals surface area contributed by atoms with Crippen LogP contribution in [0.15, 0.2) is 11.8 Å². The summed E-state index contributed by atoms with van der Waals surface area (Å²) in [6.45, 7) is 0. The zero-order chi connectivity index (χ0) is 33.8. The Bertz CT molecular complexity index is 917. The maximum absolute atomic E-state index is 11.8. The number of aliphatic hydroxyl groups is 1. The van der Waals surface area contributed by atoms with Crippen LogP contribution in [-0.2, 0) is 4.79 Å². The van der Waals surface area contributed by atoms with Crippen LogP contribution in [0.3, 0.4) is 0 Å². The van der Waals surface area contributed by atoms with Crippen molar-refractivity contribution in [3.63, 3.8) is 0 Å². The molecule has 0 aromatic heterocycles. The number of fused-ring (bicyclic) bond motifs is 2. The molecule has 5 aliphatic carbocycles. The van der Waals surface area contributed by atoms with E-state index >= 15 is 0 Å². The third-order valence-electron chi connectivity index (χ3n) is 10.3. The topological polar surface area (TPSA) is 37.3 Å². The van der Waals surface area contributed by atoms with Gasteiger partial charge in [0.25, 0.3) is 0 Å². The van der Waals surface area contributed by atoms with Crippen molar-refractivity contribution in [2.24, 2.45) is 23.7 Å². The van der Waals surface area contributed by atoms with Gasteiger partial charge in [0.2, 0.25) is 0 Å². The van der Waals surface area contributed by atoms with Crippen molar-refractivity contribution in [3.8, 4) is 0 Å². The second kappa shape index (κ2) is 18.4. The predicted molar refractivity (Wildman–Crippen MR) is 228 cm³/mol. The van der Waals surface area contributed by atoms with E-state index in [1.807, 2.05) is 0 Å². The molecule has 4 bridgehead atoms. The second-order valence-corrected chi connectivity index (χ2v) is 13.2. The standard InChI is InChI=1S/C11H14O2.B30S/c12-5-10-8-3-7-2-1-6(8)4-9(7)11(10)13;1-17(2)24(15)29(26(18(3)4)19(5)6)25(16-31)30(27(20(7)8)21(9)10)28(22(11)12)23(13)14/h5-9,12H,1-4H2;/b10-5-;. The minimum absolute atomic E-state index is 0.250. The second-order valence-electron chi connectivity index (χ2n) is 12.9.